The van der Waals surface area contributed by atoms with Crippen molar-refractivity contribution < 1.29 is 4.74 Å². The largest absolute Gasteiger partial charge is 0.402 e. The van der Waals surface area contributed by atoms with Crippen molar-refractivity contribution in [3.63, 3.8) is 0 Å². The summed E-state index contributed by atoms with van der Waals surface area (Å²) in [5.74, 6) is 0.650. The summed E-state index contributed by atoms with van der Waals surface area (Å²) in [5.41, 5.74) is 5.36. The number of rotatable bonds is 2. The number of hydrogen-bond acceptors (Lipinski definition) is 6. The van der Waals surface area contributed by atoms with Crippen LogP contribution >= 0.6 is 0 Å². The van der Waals surface area contributed by atoms with Crippen molar-refractivity contribution in [1.82, 2.24) is 24.7 Å². The molecule has 0 saturated heterocycles. The number of nitrogen functional groups attached to an aromatic ring is 1. The number of aryl methyl sites for hydroxylation is 1. The van der Waals surface area contributed by atoms with Gasteiger partial charge in [-0.15, -0.1) is 5.10 Å². The SMILES string of the molecule is Cn1cnc(Oc2cnc(N)cn2)n1. The fourth-order valence-electron chi connectivity index (χ4n) is 0.839. The van der Waals surface area contributed by atoms with Gasteiger partial charge in [0.05, 0.1) is 12.4 Å². The van der Waals surface area contributed by atoms with Crippen molar-refractivity contribution in [3.05, 3.63) is 18.7 Å². The van der Waals surface area contributed by atoms with Crippen LogP contribution in [0.1, 0.15) is 0 Å². The lowest BCUT2D eigenvalue weighted by Gasteiger charge is -1.98. The molecule has 0 fully saturated rings. The molecule has 0 aliphatic carbocycles. The monoisotopic (exact) mass is 192 g/mol. The van der Waals surface area contributed by atoms with Gasteiger partial charge in [0.25, 0.3) is 0 Å². The van der Waals surface area contributed by atoms with Gasteiger partial charge in [0.1, 0.15) is 12.1 Å². The molecular weight excluding hydrogens is 184 g/mol. The highest BCUT2D eigenvalue weighted by Crippen LogP contribution is 2.12. The predicted molar refractivity (Wildman–Crippen MR) is 47.5 cm³/mol. The Morgan fingerprint density at radius 3 is 2.71 bits per heavy atom. The Morgan fingerprint density at radius 1 is 1.29 bits per heavy atom. The summed E-state index contributed by atoms with van der Waals surface area (Å²) in [7, 11) is 1.74. The van der Waals surface area contributed by atoms with Crippen LogP contribution in [0.15, 0.2) is 18.7 Å². The molecule has 2 heterocycles. The number of hydrogen-bond donors (Lipinski definition) is 1. The van der Waals surface area contributed by atoms with Gasteiger partial charge in [0.15, 0.2) is 0 Å². The van der Waals surface area contributed by atoms with Crippen LogP contribution in [0.5, 0.6) is 11.9 Å². The fraction of sp³-hybridized carbons (Fsp3) is 0.143. The Hall–Kier alpha value is -2.18. The van der Waals surface area contributed by atoms with E-state index >= 15 is 0 Å². The van der Waals surface area contributed by atoms with E-state index in [4.69, 9.17) is 10.5 Å². The molecule has 72 valence electrons. The number of nitrogens with zero attached hydrogens (tertiary/aromatic N) is 5. The number of nitrogens with two attached hydrogens (primary N) is 1. The van der Waals surface area contributed by atoms with Gasteiger partial charge in [-0.1, -0.05) is 0 Å². The molecule has 0 aliphatic rings. The van der Waals surface area contributed by atoms with E-state index in [1.54, 1.807) is 7.05 Å². The van der Waals surface area contributed by atoms with Crippen molar-refractivity contribution in [1.29, 1.82) is 0 Å². The second-order valence-corrected chi connectivity index (χ2v) is 2.58. The number of aromatic nitrogens is 5. The van der Waals surface area contributed by atoms with Gasteiger partial charge in [-0.2, -0.15) is 4.98 Å². The van der Waals surface area contributed by atoms with Crippen molar-refractivity contribution in [2.45, 2.75) is 0 Å². The topological polar surface area (TPSA) is 91.7 Å². The van der Waals surface area contributed by atoms with Crippen LogP contribution in [0.4, 0.5) is 5.82 Å². The van der Waals surface area contributed by atoms with Gasteiger partial charge >= 0.3 is 6.01 Å². The van der Waals surface area contributed by atoms with Crippen LogP contribution in [-0.4, -0.2) is 24.7 Å². The van der Waals surface area contributed by atoms with E-state index < -0.39 is 0 Å². The normalized spacial score (nSPS) is 10.1. The van der Waals surface area contributed by atoms with Crippen LogP contribution in [0.2, 0.25) is 0 Å². The summed E-state index contributed by atoms with van der Waals surface area (Å²) in [6.45, 7) is 0. The van der Waals surface area contributed by atoms with Crippen molar-refractivity contribution >= 4 is 5.82 Å². The molecule has 0 radical (unpaired) electrons. The van der Waals surface area contributed by atoms with Gasteiger partial charge in [-0.25, -0.2) is 9.97 Å². The van der Waals surface area contributed by atoms with Gasteiger partial charge in [0.2, 0.25) is 5.88 Å². The summed E-state index contributed by atoms with van der Waals surface area (Å²) in [4.78, 5) is 11.6. The first-order valence-electron chi connectivity index (χ1n) is 3.85. The van der Waals surface area contributed by atoms with E-state index in [-0.39, 0.29) is 6.01 Å². The summed E-state index contributed by atoms with van der Waals surface area (Å²) >= 11 is 0. The summed E-state index contributed by atoms with van der Waals surface area (Å²) in [5, 5.41) is 3.91. The Bertz CT molecular complexity index is 422. The second kappa shape index (κ2) is 3.29. The third kappa shape index (κ3) is 1.76. The molecular formula is C7H8N6O. The van der Waals surface area contributed by atoms with Gasteiger partial charge in [-0.3, -0.25) is 4.68 Å². The second-order valence-electron chi connectivity index (χ2n) is 2.58. The Labute approximate surface area is 79.6 Å². The predicted octanol–water partition coefficient (Wildman–Crippen LogP) is -0.0204. The molecule has 0 atom stereocenters. The molecule has 0 spiro atoms. The molecule has 0 aromatic carbocycles. The van der Waals surface area contributed by atoms with Crippen LogP contribution < -0.4 is 10.5 Å². The lowest BCUT2D eigenvalue weighted by Crippen LogP contribution is -1.95. The summed E-state index contributed by atoms with van der Waals surface area (Å²) in [6, 6.07) is 0.228. The Kier molecular flexibility index (Phi) is 1.98. The molecule has 14 heavy (non-hydrogen) atoms. The third-order valence-electron chi connectivity index (χ3n) is 1.42. The maximum atomic E-state index is 5.36. The lowest BCUT2D eigenvalue weighted by atomic mass is 10.7. The molecule has 0 saturated carbocycles. The molecule has 0 amide bonds. The average molecular weight is 192 g/mol. The van der Waals surface area contributed by atoms with Crippen LogP contribution in [0.3, 0.4) is 0 Å². The molecule has 7 heteroatoms. The van der Waals surface area contributed by atoms with Crippen molar-refractivity contribution in [2.75, 3.05) is 5.73 Å². The molecule has 0 aliphatic heterocycles. The molecule has 2 aromatic rings. The summed E-state index contributed by atoms with van der Waals surface area (Å²) < 4.78 is 6.71. The highest BCUT2D eigenvalue weighted by molar-refractivity contribution is 5.25. The highest BCUT2D eigenvalue weighted by Gasteiger charge is 2.02. The fourth-order valence-corrected chi connectivity index (χ4v) is 0.839. The zero-order chi connectivity index (χ0) is 9.97. The van der Waals surface area contributed by atoms with E-state index in [9.17, 15) is 0 Å². The quantitative estimate of drug-likeness (QED) is 0.718. The van der Waals surface area contributed by atoms with Gasteiger partial charge in [0, 0.05) is 7.05 Å². The number of ether oxygens (including phenoxy) is 1. The first kappa shape index (κ1) is 8.42. The molecule has 2 N–H and O–H groups in total. The summed E-state index contributed by atoms with van der Waals surface area (Å²) in [6.07, 6.45) is 4.34. The van der Waals surface area contributed by atoms with E-state index in [0.29, 0.717) is 11.7 Å². The average Bonchev–Trinajstić information content (AvgIpc) is 2.56. The van der Waals surface area contributed by atoms with E-state index in [1.807, 2.05) is 0 Å². The molecule has 7 nitrogen and oxygen atoms in total. The van der Waals surface area contributed by atoms with Crippen LogP contribution in [0, 0.1) is 0 Å². The Morgan fingerprint density at radius 2 is 2.14 bits per heavy atom. The van der Waals surface area contributed by atoms with Crippen molar-refractivity contribution in [3.8, 4) is 11.9 Å². The lowest BCUT2D eigenvalue weighted by molar-refractivity contribution is 0.420. The molecule has 2 rings (SSSR count). The van der Waals surface area contributed by atoms with E-state index in [0.717, 1.165) is 0 Å². The highest BCUT2D eigenvalue weighted by atomic mass is 16.5. The van der Waals surface area contributed by atoms with Gasteiger partial charge in [-0.05, 0) is 0 Å². The smallest absolute Gasteiger partial charge is 0.342 e. The van der Waals surface area contributed by atoms with Crippen molar-refractivity contribution in [2.24, 2.45) is 7.05 Å². The van der Waals surface area contributed by atoms with E-state index in [1.165, 1.54) is 23.4 Å². The molecule has 0 unspecified atom stereocenters. The van der Waals surface area contributed by atoms with Crippen LogP contribution in [-0.2, 0) is 7.05 Å². The standard InChI is InChI=1S/C7H8N6O/c1-13-4-11-7(12-13)14-6-3-9-5(8)2-10-6/h2-4H,1H3,(H2,8,9). The first-order valence-corrected chi connectivity index (χ1v) is 3.85. The van der Waals surface area contributed by atoms with Gasteiger partial charge < -0.3 is 10.5 Å². The zero-order valence-electron chi connectivity index (χ0n) is 7.45. The first-order chi connectivity index (χ1) is 6.74. The molecule has 0 bridgehead atoms. The Balaban J connectivity index is 2.15. The minimum absolute atomic E-state index is 0.228. The zero-order valence-corrected chi connectivity index (χ0v) is 7.45. The maximum absolute atomic E-state index is 5.36. The third-order valence-corrected chi connectivity index (χ3v) is 1.42. The minimum Gasteiger partial charge on any atom is -0.402 e. The number of anilines is 1. The molecule has 2 aromatic heterocycles. The minimum atomic E-state index is 0.228. The van der Waals surface area contributed by atoms with E-state index in [2.05, 4.69) is 20.1 Å². The van der Waals surface area contributed by atoms with Crippen LogP contribution in [0.25, 0.3) is 0 Å². The maximum Gasteiger partial charge on any atom is 0.342 e.